The molecule has 0 saturated carbocycles. The molecule has 1 fully saturated rings. The van der Waals surface area contributed by atoms with E-state index in [0.29, 0.717) is 42.7 Å². The van der Waals surface area contributed by atoms with Gasteiger partial charge in [0.05, 0.1) is 22.7 Å². The van der Waals surface area contributed by atoms with E-state index in [1.54, 1.807) is 49.6 Å². The Bertz CT molecular complexity index is 943. The summed E-state index contributed by atoms with van der Waals surface area (Å²) < 4.78 is 16.3. The monoisotopic (exact) mass is 405 g/mol. The van der Waals surface area contributed by atoms with Crippen LogP contribution in [0.2, 0.25) is 5.02 Å². The van der Waals surface area contributed by atoms with Crippen molar-refractivity contribution in [1.82, 2.24) is 0 Å². The van der Waals surface area contributed by atoms with Gasteiger partial charge in [-0.2, -0.15) is 0 Å². The summed E-state index contributed by atoms with van der Waals surface area (Å²) in [7, 11) is 1.59. The van der Waals surface area contributed by atoms with Gasteiger partial charge in [-0.15, -0.1) is 0 Å². The van der Waals surface area contributed by atoms with Crippen molar-refractivity contribution >= 4 is 57.6 Å². The number of methoxy groups -OCH3 is 1. The zero-order valence-electron chi connectivity index (χ0n) is 13.5. The molecule has 2 heterocycles. The Hall–Kier alpha value is -2.22. The number of ether oxygens (including phenoxy) is 3. The second kappa shape index (κ2) is 6.83. The molecule has 0 spiro atoms. The topological polar surface area (TPSA) is 48.0 Å². The molecule has 0 aromatic heterocycles. The molecule has 8 heteroatoms. The number of amides is 1. The normalized spacial score (nSPS) is 17.3. The number of halogens is 1. The van der Waals surface area contributed by atoms with Gasteiger partial charge < -0.3 is 14.2 Å². The Balaban J connectivity index is 1.65. The van der Waals surface area contributed by atoms with E-state index >= 15 is 0 Å². The number of hydrogen-bond acceptors (Lipinski definition) is 6. The molecule has 0 N–H and O–H groups in total. The Labute approximate surface area is 164 Å². The van der Waals surface area contributed by atoms with E-state index in [1.807, 2.05) is 0 Å². The fraction of sp³-hybridized carbons (Fsp3) is 0.111. The Kier molecular flexibility index (Phi) is 4.52. The van der Waals surface area contributed by atoms with Gasteiger partial charge in [0.1, 0.15) is 5.75 Å². The average molecular weight is 406 g/mol. The lowest BCUT2D eigenvalue weighted by Gasteiger charge is -2.14. The van der Waals surface area contributed by atoms with Crippen LogP contribution in [0.15, 0.2) is 41.3 Å². The van der Waals surface area contributed by atoms with Crippen LogP contribution in [0.1, 0.15) is 5.56 Å². The highest BCUT2D eigenvalue weighted by atomic mass is 35.5. The molecule has 132 valence electrons. The SMILES string of the molecule is COc1ccc(N2C(=O)/C(=C/c3cc4c(cc3Cl)OCO4)SC2=S)cc1. The fourth-order valence-corrected chi connectivity index (χ4v) is 4.10. The molecule has 26 heavy (non-hydrogen) atoms. The summed E-state index contributed by atoms with van der Waals surface area (Å²) in [4.78, 5) is 14.8. The highest BCUT2D eigenvalue weighted by Crippen LogP contribution is 2.41. The van der Waals surface area contributed by atoms with Crippen molar-refractivity contribution in [3.05, 3.63) is 51.9 Å². The highest BCUT2D eigenvalue weighted by Gasteiger charge is 2.33. The molecule has 4 rings (SSSR count). The van der Waals surface area contributed by atoms with E-state index in [9.17, 15) is 4.79 Å². The van der Waals surface area contributed by atoms with E-state index in [1.165, 1.54) is 16.7 Å². The van der Waals surface area contributed by atoms with Crippen molar-refractivity contribution in [2.45, 2.75) is 0 Å². The molecule has 2 aromatic carbocycles. The maximum Gasteiger partial charge on any atom is 0.270 e. The van der Waals surface area contributed by atoms with Crippen molar-refractivity contribution in [2.75, 3.05) is 18.8 Å². The quantitative estimate of drug-likeness (QED) is 0.554. The van der Waals surface area contributed by atoms with Crippen LogP contribution < -0.4 is 19.1 Å². The summed E-state index contributed by atoms with van der Waals surface area (Å²) in [6.45, 7) is 0.161. The van der Waals surface area contributed by atoms with Gasteiger partial charge >= 0.3 is 0 Å². The Morgan fingerprint density at radius 1 is 1.23 bits per heavy atom. The van der Waals surface area contributed by atoms with Crippen LogP contribution in [-0.4, -0.2) is 24.1 Å². The van der Waals surface area contributed by atoms with Gasteiger partial charge in [-0.3, -0.25) is 9.69 Å². The smallest absolute Gasteiger partial charge is 0.270 e. The van der Waals surface area contributed by atoms with Crippen molar-refractivity contribution in [3.8, 4) is 17.2 Å². The van der Waals surface area contributed by atoms with E-state index in [4.69, 9.17) is 38.0 Å². The number of anilines is 1. The van der Waals surface area contributed by atoms with Crippen LogP contribution in [0.3, 0.4) is 0 Å². The molecule has 2 aromatic rings. The average Bonchev–Trinajstić information content (AvgIpc) is 3.19. The van der Waals surface area contributed by atoms with Crippen LogP contribution in [0.4, 0.5) is 5.69 Å². The molecule has 1 saturated heterocycles. The molecule has 5 nitrogen and oxygen atoms in total. The number of rotatable bonds is 3. The first kappa shape index (κ1) is 17.2. The van der Waals surface area contributed by atoms with Gasteiger partial charge in [0.2, 0.25) is 6.79 Å². The lowest BCUT2D eigenvalue weighted by Crippen LogP contribution is -2.27. The summed E-state index contributed by atoms with van der Waals surface area (Å²) in [5, 5.41) is 0.476. The van der Waals surface area contributed by atoms with Crippen LogP contribution in [-0.2, 0) is 4.79 Å². The number of hydrogen-bond donors (Lipinski definition) is 0. The minimum absolute atomic E-state index is 0.161. The second-order valence-corrected chi connectivity index (χ2v) is 7.53. The zero-order chi connectivity index (χ0) is 18.3. The third-order valence-electron chi connectivity index (χ3n) is 3.90. The molecule has 0 bridgehead atoms. The summed E-state index contributed by atoms with van der Waals surface area (Å²) >= 11 is 12.9. The van der Waals surface area contributed by atoms with Gasteiger partial charge in [0.25, 0.3) is 5.91 Å². The van der Waals surface area contributed by atoms with Gasteiger partial charge in [0.15, 0.2) is 15.8 Å². The highest BCUT2D eigenvalue weighted by molar-refractivity contribution is 8.27. The second-order valence-electron chi connectivity index (χ2n) is 5.44. The van der Waals surface area contributed by atoms with Gasteiger partial charge in [-0.1, -0.05) is 35.6 Å². The Morgan fingerprint density at radius 2 is 1.92 bits per heavy atom. The number of nitrogens with zero attached hydrogens (tertiary/aromatic N) is 1. The number of carbonyl (C=O) groups is 1. The Morgan fingerprint density at radius 3 is 2.62 bits per heavy atom. The van der Waals surface area contributed by atoms with Gasteiger partial charge in [-0.05, 0) is 42.0 Å². The molecular weight excluding hydrogens is 394 g/mol. The lowest BCUT2D eigenvalue weighted by atomic mass is 10.1. The molecular formula is C18H12ClNO4S2. The molecule has 2 aliphatic heterocycles. The number of thioether (sulfide) groups is 1. The van der Waals surface area contributed by atoms with E-state index in [-0.39, 0.29) is 12.7 Å². The molecule has 1 amide bonds. The number of fused-ring (bicyclic) bond motifs is 1. The van der Waals surface area contributed by atoms with Crippen molar-refractivity contribution in [3.63, 3.8) is 0 Å². The number of benzene rings is 2. The van der Waals surface area contributed by atoms with Crippen LogP contribution >= 0.6 is 35.6 Å². The summed E-state index contributed by atoms with van der Waals surface area (Å²) in [6, 6.07) is 10.6. The van der Waals surface area contributed by atoms with Crippen molar-refractivity contribution in [2.24, 2.45) is 0 Å². The zero-order valence-corrected chi connectivity index (χ0v) is 15.9. The first-order chi connectivity index (χ1) is 12.6. The van der Waals surface area contributed by atoms with Crippen molar-refractivity contribution in [1.29, 1.82) is 0 Å². The first-order valence-electron chi connectivity index (χ1n) is 7.58. The third-order valence-corrected chi connectivity index (χ3v) is 5.53. The fourth-order valence-electron chi connectivity index (χ4n) is 2.61. The molecule has 0 atom stereocenters. The number of carbonyl (C=O) groups excluding carboxylic acids is 1. The predicted octanol–water partition coefficient (Wildman–Crippen LogP) is 4.48. The van der Waals surface area contributed by atoms with Gasteiger partial charge in [0, 0.05) is 6.07 Å². The van der Waals surface area contributed by atoms with Crippen LogP contribution in [0, 0.1) is 0 Å². The first-order valence-corrected chi connectivity index (χ1v) is 9.18. The summed E-state index contributed by atoms with van der Waals surface area (Å²) in [5.74, 6) is 1.71. The number of thiocarbonyl (C=S) groups is 1. The van der Waals surface area contributed by atoms with Gasteiger partial charge in [-0.25, -0.2) is 0 Å². The summed E-state index contributed by atoms with van der Waals surface area (Å²) in [6.07, 6.45) is 1.72. The maximum atomic E-state index is 12.8. The van der Waals surface area contributed by atoms with Crippen molar-refractivity contribution < 1.29 is 19.0 Å². The minimum Gasteiger partial charge on any atom is -0.497 e. The minimum atomic E-state index is -0.195. The summed E-state index contributed by atoms with van der Waals surface area (Å²) in [5.41, 5.74) is 1.36. The molecule has 0 radical (unpaired) electrons. The van der Waals surface area contributed by atoms with E-state index in [0.717, 1.165) is 0 Å². The third kappa shape index (κ3) is 3.02. The van der Waals surface area contributed by atoms with E-state index < -0.39 is 0 Å². The van der Waals surface area contributed by atoms with Crippen LogP contribution in [0.5, 0.6) is 17.2 Å². The standard InChI is InChI=1S/C18H12ClNO4S2/c1-22-12-4-2-11(3-5-12)20-17(21)16(26-18(20)25)7-10-6-14-15(8-13(10)19)24-9-23-14/h2-8H,9H2,1H3/b16-7-. The maximum absolute atomic E-state index is 12.8. The molecule has 2 aliphatic rings. The van der Waals surface area contributed by atoms with E-state index in [2.05, 4.69) is 0 Å². The lowest BCUT2D eigenvalue weighted by molar-refractivity contribution is -0.113. The molecule has 0 unspecified atom stereocenters. The van der Waals surface area contributed by atoms with Crippen LogP contribution in [0.25, 0.3) is 6.08 Å². The predicted molar refractivity (Wildman–Crippen MR) is 106 cm³/mol. The molecule has 0 aliphatic carbocycles. The largest absolute Gasteiger partial charge is 0.497 e.